The van der Waals surface area contributed by atoms with Crippen molar-refractivity contribution in [1.29, 1.82) is 0 Å². The summed E-state index contributed by atoms with van der Waals surface area (Å²) >= 11 is 0. The second kappa shape index (κ2) is 9.42. The molecule has 11 heteroatoms. The number of benzene rings is 1. The van der Waals surface area contributed by atoms with Crippen LogP contribution < -0.4 is 16.6 Å². The zero-order valence-corrected chi connectivity index (χ0v) is 18.6. The van der Waals surface area contributed by atoms with Gasteiger partial charge in [0.2, 0.25) is 0 Å². The van der Waals surface area contributed by atoms with Gasteiger partial charge in [0.1, 0.15) is 5.60 Å². The monoisotopic (exact) mass is 469 g/mol. The van der Waals surface area contributed by atoms with Gasteiger partial charge in [-0.3, -0.25) is 13.9 Å². The molecule has 1 saturated heterocycles. The zero-order valence-electron chi connectivity index (χ0n) is 18.6. The Morgan fingerprint density at radius 3 is 2.27 bits per heavy atom. The molecule has 0 radical (unpaired) electrons. The molecule has 33 heavy (non-hydrogen) atoms. The largest absolute Gasteiger partial charge is 0.444 e. The number of halogens is 3. The molecule has 0 unspecified atom stereocenters. The van der Waals surface area contributed by atoms with Gasteiger partial charge in [-0.05, 0) is 57.9 Å². The van der Waals surface area contributed by atoms with Crippen molar-refractivity contribution in [2.75, 3.05) is 13.2 Å². The minimum Gasteiger partial charge on any atom is -0.444 e. The van der Waals surface area contributed by atoms with Gasteiger partial charge < -0.3 is 14.8 Å². The van der Waals surface area contributed by atoms with Crippen LogP contribution in [0.3, 0.4) is 0 Å². The van der Waals surface area contributed by atoms with Crippen LogP contribution in [0.1, 0.15) is 50.8 Å². The van der Waals surface area contributed by atoms with E-state index in [-0.39, 0.29) is 17.8 Å². The maximum atomic E-state index is 13.2. The highest BCUT2D eigenvalue weighted by Crippen LogP contribution is 2.29. The standard InChI is InChI=1S/C22H26F3N3O5/c1-21(2,3)33-19(30)26-12-14-13-27(16-6-4-15(5-7-16)22(23,24)25)20(31)28(18(14)29)17-8-10-32-11-9-17/h4-7,13,17H,8-12H2,1-3H3,(H,26,30). The summed E-state index contributed by atoms with van der Waals surface area (Å²) in [4.78, 5) is 38.4. The fraction of sp³-hybridized carbons (Fsp3) is 0.500. The first-order valence-electron chi connectivity index (χ1n) is 10.5. The summed E-state index contributed by atoms with van der Waals surface area (Å²) in [5, 5.41) is 2.49. The van der Waals surface area contributed by atoms with Crippen molar-refractivity contribution in [2.45, 2.75) is 58.0 Å². The van der Waals surface area contributed by atoms with Crippen molar-refractivity contribution >= 4 is 6.09 Å². The maximum absolute atomic E-state index is 13.2. The molecular weight excluding hydrogens is 443 g/mol. The molecule has 0 bridgehead atoms. The lowest BCUT2D eigenvalue weighted by atomic mass is 10.1. The van der Waals surface area contributed by atoms with Crippen LogP contribution >= 0.6 is 0 Å². The summed E-state index contributed by atoms with van der Waals surface area (Å²) in [6.07, 6.45) is -3.16. The average molecular weight is 469 g/mol. The molecule has 2 aromatic rings. The molecule has 8 nitrogen and oxygen atoms in total. The molecule has 3 rings (SSSR count). The quantitative estimate of drug-likeness (QED) is 0.741. The lowest BCUT2D eigenvalue weighted by Gasteiger charge is -2.25. The number of nitrogens with one attached hydrogen (secondary N) is 1. The fourth-order valence-electron chi connectivity index (χ4n) is 3.49. The number of aromatic nitrogens is 2. The van der Waals surface area contributed by atoms with Gasteiger partial charge in [0.25, 0.3) is 5.56 Å². The molecule has 1 fully saturated rings. The molecule has 1 aromatic heterocycles. The molecule has 2 heterocycles. The van der Waals surface area contributed by atoms with Gasteiger partial charge in [-0.25, -0.2) is 9.59 Å². The van der Waals surface area contributed by atoms with E-state index >= 15 is 0 Å². The van der Waals surface area contributed by atoms with Crippen molar-refractivity contribution in [2.24, 2.45) is 0 Å². The van der Waals surface area contributed by atoms with Crippen molar-refractivity contribution < 1.29 is 27.4 Å². The van der Waals surface area contributed by atoms with Crippen molar-refractivity contribution in [3.8, 4) is 5.69 Å². The Morgan fingerprint density at radius 1 is 1.12 bits per heavy atom. The van der Waals surface area contributed by atoms with E-state index in [0.717, 1.165) is 33.4 Å². The summed E-state index contributed by atoms with van der Waals surface area (Å²) < 4.78 is 51.5. The van der Waals surface area contributed by atoms with E-state index in [1.165, 1.54) is 6.20 Å². The number of rotatable bonds is 4. The number of alkyl halides is 3. The Hall–Kier alpha value is -3.08. The van der Waals surface area contributed by atoms with Crippen LogP contribution in [0.15, 0.2) is 40.1 Å². The Morgan fingerprint density at radius 2 is 1.73 bits per heavy atom. The van der Waals surface area contributed by atoms with Crippen LogP contribution in [-0.2, 0) is 22.2 Å². The molecule has 1 aliphatic rings. The van der Waals surface area contributed by atoms with Crippen LogP contribution in [-0.4, -0.2) is 34.0 Å². The summed E-state index contributed by atoms with van der Waals surface area (Å²) in [5.41, 5.74) is -2.60. The molecule has 1 aromatic carbocycles. The van der Waals surface area contributed by atoms with Gasteiger partial charge in [-0.2, -0.15) is 13.2 Å². The lowest BCUT2D eigenvalue weighted by Crippen LogP contribution is -2.45. The third-order valence-corrected chi connectivity index (χ3v) is 5.04. The highest BCUT2D eigenvalue weighted by molar-refractivity contribution is 5.67. The number of nitrogens with zero attached hydrogens (tertiary/aromatic N) is 2. The van der Waals surface area contributed by atoms with Gasteiger partial charge >= 0.3 is 18.0 Å². The van der Waals surface area contributed by atoms with Crippen molar-refractivity contribution in [3.05, 3.63) is 62.4 Å². The normalized spacial score (nSPS) is 15.3. The molecule has 0 spiro atoms. The summed E-state index contributed by atoms with van der Waals surface area (Å²) in [5.74, 6) is 0. The van der Waals surface area contributed by atoms with Gasteiger partial charge in [0.15, 0.2) is 0 Å². The Balaban J connectivity index is 2.03. The number of amides is 1. The third-order valence-electron chi connectivity index (χ3n) is 5.04. The molecule has 0 saturated carbocycles. The maximum Gasteiger partial charge on any atom is 0.416 e. The second-order valence-corrected chi connectivity index (χ2v) is 8.73. The van der Waals surface area contributed by atoms with Crippen LogP contribution in [0.2, 0.25) is 0 Å². The van der Waals surface area contributed by atoms with Gasteiger partial charge in [0.05, 0.1) is 23.4 Å². The Kier molecular flexibility index (Phi) is 7.01. The summed E-state index contributed by atoms with van der Waals surface area (Å²) in [6, 6.07) is 3.62. The minimum atomic E-state index is -4.52. The molecule has 0 aliphatic carbocycles. The molecule has 180 valence electrons. The first-order valence-corrected chi connectivity index (χ1v) is 10.5. The molecule has 0 atom stereocenters. The molecule has 1 aliphatic heterocycles. The SMILES string of the molecule is CC(C)(C)OC(=O)NCc1cn(-c2ccc(C(F)(F)F)cc2)c(=O)n(C2CCOCC2)c1=O. The first-order chi connectivity index (χ1) is 15.4. The van der Waals surface area contributed by atoms with E-state index < -0.39 is 40.7 Å². The highest BCUT2D eigenvalue weighted by Gasteiger charge is 2.30. The van der Waals surface area contributed by atoms with Crippen LogP contribution in [0.4, 0.5) is 18.0 Å². The molecule has 1 amide bonds. The molecule has 1 N–H and O–H groups in total. The van der Waals surface area contributed by atoms with Gasteiger partial charge in [0, 0.05) is 25.5 Å². The van der Waals surface area contributed by atoms with Crippen LogP contribution in [0, 0.1) is 0 Å². The third kappa shape index (κ3) is 6.04. The van der Waals surface area contributed by atoms with E-state index in [9.17, 15) is 27.6 Å². The summed E-state index contributed by atoms with van der Waals surface area (Å²) in [6.45, 7) is 5.59. The number of carbonyl (C=O) groups is 1. The lowest BCUT2D eigenvalue weighted by molar-refractivity contribution is -0.137. The second-order valence-electron chi connectivity index (χ2n) is 8.73. The van der Waals surface area contributed by atoms with E-state index in [0.29, 0.717) is 26.1 Å². The Labute approximate surface area is 187 Å². The average Bonchev–Trinajstić information content (AvgIpc) is 2.72. The number of carbonyl (C=O) groups excluding carboxylic acids is 1. The number of hydrogen-bond donors (Lipinski definition) is 1. The van der Waals surface area contributed by atoms with Crippen LogP contribution in [0.25, 0.3) is 5.69 Å². The fourth-order valence-corrected chi connectivity index (χ4v) is 3.49. The number of hydrogen-bond acceptors (Lipinski definition) is 5. The van der Waals surface area contributed by atoms with Crippen LogP contribution in [0.5, 0.6) is 0 Å². The van der Waals surface area contributed by atoms with Gasteiger partial charge in [-0.1, -0.05) is 0 Å². The van der Waals surface area contributed by atoms with Crippen molar-refractivity contribution in [1.82, 2.24) is 14.5 Å². The first kappa shape index (κ1) is 24.6. The van der Waals surface area contributed by atoms with E-state index in [1.807, 2.05) is 0 Å². The zero-order chi connectivity index (χ0) is 24.4. The number of alkyl carbamates (subject to hydrolysis) is 1. The molecular formula is C22H26F3N3O5. The number of ether oxygens (including phenoxy) is 2. The topological polar surface area (TPSA) is 91.6 Å². The predicted octanol–water partition coefficient (Wildman–Crippen LogP) is 3.39. The summed E-state index contributed by atoms with van der Waals surface area (Å²) in [7, 11) is 0. The predicted molar refractivity (Wildman–Crippen MR) is 113 cm³/mol. The smallest absolute Gasteiger partial charge is 0.416 e. The minimum absolute atomic E-state index is 0.0897. The Bertz CT molecular complexity index is 1110. The van der Waals surface area contributed by atoms with E-state index in [2.05, 4.69) is 5.32 Å². The van der Waals surface area contributed by atoms with E-state index in [4.69, 9.17) is 9.47 Å². The highest BCUT2D eigenvalue weighted by atomic mass is 19.4. The van der Waals surface area contributed by atoms with E-state index in [1.54, 1.807) is 20.8 Å². The van der Waals surface area contributed by atoms with Gasteiger partial charge in [-0.15, -0.1) is 0 Å². The van der Waals surface area contributed by atoms with Crippen molar-refractivity contribution in [3.63, 3.8) is 0 Å².